The van der Waals surface area contributed by atoms with Crippen molar-refractivity contribution in [2.45, 2.75) is 37.8 Å². The third kappa shape index (κ3) is 2.70. The molecule has 0 spiro atoms. The third-order valence-corrected chi connectivity index (χ3v) is 6.09. The van der Waals surface area contributed by atoms with Gasteiger partial charge in [0, 0.05) is 28.4 Å². The molecule has 6 heteroatoms. The molecule has 0 atom stereocenters. The largest absolute Gasteiger partial charge is 0.345 e. The molecule has 0 amide bonds. The van der Waals surface area contributed by atoms with Crippen molar-refractivity contribution < 1.29 is 4.79 Å². The maximum absolute atomic E-state index is 12.6. The van der Waals surface area contributed by atoms with E-state index in [0.29, 0.717) is 11.8 Å². The molecule has 3 heterocycles. The van der Waals surface area contributed by atoms with E-state index in [2.05, 4.69) is 28.4 Å². The third-order valence-electron chi connectivity index (χ3n) is 4.26. The van der Waals surface area contributed by atoms with Crippen LogP contribution in [0.3, 0.4) is 0 Å². The lowest BCUT2D eigenvalue weighted by Gasteiger charge is -2.07. The molecule has 0 unspecified atom stereocenters. The molecule has 0 aliphatic heterocycles. The molecule has 0 aromatic carbocycles. The monoisotopic (exact) mass is 343 g/mol. The topological polar surface area (TPSA) is 47.8 Å². The first-order valence-corrected chi connectivity index (χ1v) is 9.54. The summed E-state index contributed by atoms with van der Waals surface area (Å²) in [6.45, 7) is 4.15. The van der Waals surface area contributed by atoms with Crippen LogP contribution >= 0.6 is 23.1 Å². The van der Waals surface area contributed by atoms with E-state index in [1.54, 1.807) is 17.7 Å². The van der Waals surface area contributed by atoms with Gasteiger partial charge >= 0.3 is 0 Å². The Hall–Kier alpha value is -1.66. The van der Waals surface area contributed by atoms with E-state index in [1.165, 1.54) is 30.3 Å². The summed E-state index contributed by atoms with van der Waals surface area (Å²) in [6, 6.07) is 4.67. The molecule has 0 bridgehead atoms. The van der Waals surface area contributed by atoms with Gasteiger partial charge < -0.3 is 4.57 Å². The van der Waals surface area contributed by atoms with Crippen LogP contribution in [0.15, 0.2) is 28.9 Å². The van der Waals surface area contributed by atoms with Crippen LogP contribution in [-0.4, -0.2) is 26.1 Å². The minimum Gasteiger partial charge on any atom is -0.345 e. The van der Waals surface area contributed by atoms with E-state index in [0.717, 1.165) is 26.5 Å². The zero-order valence-corrected chi connectivity index (χ0v) is 14.7. The SMILES string of the molecule is Cc1cc(C(=O)CSc2ncnc3sccc23)c(C)n1C1CC1. The second-order valence-corrected chi connectivity index (χ2v) is 7.77. The lowest BCUT2D eigenvalue weighted by atomic mass is 10.2. The second kappa shape index (κ2) is 5.76. The molecule has 118 valence electrons. The molecule has 23 heavy (non-hydrogen) atoms. The number of hydrogen-bond donors (Lipinski definition) is 0. The van der Waals surface area contributed by atoms with Crippen LogP contribution in [0.4, 0.5) is 0 Å². The Balaban J connectivity index is 1.54. The summed E-state index contributed by atoms with van der Waals surface area (Å²) in [4.78, 5) is 22.2. The van der Waals surface area contributed by atoms with Crippen molar-refractivity contribution in [2.75, 3.05) is 5.75 Å². The highest BCUT2D eigenvalue weighted by Crippen LogP contribution is 2.38. The molecule has 1 fully saturated rings. The van der Waals surface area contributed by atoms with Crippen LogP contribution in [0.2, 0.25) is 0 Å². The number of thiophene rings is 1. The average Bonchev–Trinajstić information content (AvgIpc) is 3.16. The number of carbonyl (C=O) groups excluding carboxylic acids is 1. The molecule has 1 aliphatic rings. The van der Waals surface area contributed by atoms with Crippen molar-refractivity contribution in [2.24, 2.45) is 0 Å². The molecule has 4 nitrogen and oxygen atoms in total. The van der Waals surface area contributed by atoms with Crippen LogP contribution < -0.4 is 0 Å². The van der Waals surface area contributed by atoms with Gasteiger partial charge in [-0.15, -0.1) is 11.3 Å². The smallest absolute Gasteiger partial charge is 0.174 e. The van der Waals surface area contributed by atoms with Crippen molar-refractivity contribution in [1.82, 2.24) is 14.5 Å². The van der Waals surface area contributed by atoms with Gasteiger partial charge in [0.15, 0.2) is 5.78 Å². The summed E-state index contributed by atoms with van der Waals surface area (Å²) in [6.07, 6.45) is 4.04. The summed E-state index contributed by atoms with van der Waals surface area (Å²) >= 11 is 3.10. The molecule has 1 aliphatic carbocycles. The van der Waals surface area contributed by atoms with E-state index in [4.69, 9.17) is 0 Å². The number of hydrogen-bond acceptors (Lipinski definition) is 5. The Morgan fingerprint density at radius 1 is 1.39 bits per heavy atom. The molecule has 0 N–H and O–H groups in total. The standard InChI is InChI=1S/C17H17N3OS2/c1-10-7-14(11(2)20(10)12-3-4-12)15(21)8-23-17-13-5-6-22-16(13)18-9-19-17/h5-7,9,12H,3-4,8H2,1-2H3. The summed E-state index contributed by atoms with van der Waals surface area (Å²) < 4.78 is 2.32. The quantitative estimate of drug-likeness (QED) is 0.391. The number of nitrogens with zero attached hydrogens (tertiary/aromatic N) is 3. The van der Waals surface area contributed by atoms with Crippen LogP contribution in [0.25, 0.3) is 10.2 Å². The molecule has 3 aromatic rings. The Kier molecular flexibility index (Phi) is 3.73. The fraction of sp³-hybridized carbons (Fsp3) is 0.353. The number of fused-ring (bicyclic) bond motifs is 1. The van der Waals surface area contributed by atoms with E-state index < -0.39 is 0 Å². The summed E-state index contributed by atoms with van der Waals surface area (Å²) in [5, 5.41) is 3.94. The van der Waals surface area contributed by atoms with E-state index in [1.807, 2.05) is 17.5 Å². The van der Waals surface area contributed by atoms with Gasteiger partial charge in [-0.3, -0.25) is 4.79 Å². The predicted octanol–water partition coefficient (Wildman–Crippen LogP) is 4.42. The molecule has 0 saturated heterocycles. The van der Waals surface area contributed by atoms with Crippen molar-refractivity contribution in [1.29, 1.82) is 0 Å². The first-order chi connectivity index (χ1) is 11.1. The van der Waals surface area contributed by atoms with Gasteiger partial charge in [-0.25, -0.2) is 9.97 Å². The van der Waals surface area contributed by atoms with Crippen LogP contribution in [-0.2, 0) is 0 Å². The van der Waals surface area contributed by atoms with Crippen molar-refractivity contribution in [3.05, 3.63) is 40.8 Å². The van der Waals surface area contributed by atoms with Gasteiger partial charge in [-0.1, -0.05) is 11.8 Å². The van der Waals surface area contributed by atoms with Gasteiger partial charge in [-0.05, 0) is 44.2 Å². The highest BCUT2D eigenvalue weighted by molar-refractivity contribution is 8.00. The van der Waals surface area contributed by atoms with Crippen molar-refractivity contribution in [3.8, 4) is 0 Å². The lowest BCUT2D eigenvalue weighted by Crippen LogP contribution is -2.06. The van der Waals surface area contributed by atoms with Crippen molar-refractivity contribution in [3.63, 3.8) is 0 Å². The molecule has 3 aromatic heterocycles. The number of ketones is 1. The van der Waals surface area contributed by atoms with Gasteiger partial charge in [0.2, 0.25) is 0 Å². The van der Waals surface area contributed by atoms with Gasteiger partial charge in [-0.2, -0.15) is 0 Å². The van der Waals surface area contributed by atoms with E-state index in [9.17, 15) is 4.79 Å². The number of rotatable bonds is 5. The summed E-state index contributed by atoms with van der Waals surface area (Å²) in [7, 11) is 0. The summed E-state index contributed by atoms with van der Waals surface area (Å²) in [5.74, 6) is 0.591. The highest BCUT2D eigenvalue weighted by atomic mass is 32.2. The number of aryl methyl sites for hydroxylation is 1. The molecular weight excluding hydrogens is 326 g/mol. The maximum Gasteiger partial charge on any atom is 0.174 e. The van der Waals surface area contributed by atoms with Gasteiger partial charge in [0.05, 0.1) is 5.75 Å². The number of carbonyl (C=O) groups is 1. The second-order valence-electron chi connectivity index (χ2n) is 5.92. The number of Topliss-reactive ketones (excluding diaryl/α,β-unsaturated/α-hetero) is 1. The van der Waals surface area contributed by atoms with Gasteiger partial charge in [0.25, 0.3) is 0 Å². The first-order valence-electron chi connectivity index (χ1n) is 7.68. The predicted molar refractivity (Wildman–Crippen MR) is 94.6 cm³/mol. The maximum atomic E-state index is 12.6. The van der Waals surface area contributed by atoms with E-state index >= 15 is 0 Å². The normalized spacial score (nSPS) is 14.5. The zero-order valence-electron chi connectivity index (χ0n) is 13.1. The molecular formula is C17H17N3OS2. The minimum absolute atomic E-state index is 0.178. The zero-order chi connectivity index (χ0) is 16.0. The van der Waals surface area contributed by atoms with Gasteiger partial charge in [0.1, 0.15) is 16.2 Å². The van der Waals surface area contributed by atoms with Crippen molar-refractivity contribution >= 4 is 39.1 Å². The fourth-order valence-corrected chi connectivity index (χ4v) is 4.71. The fourth-order valence-electron chi connectivity index (χ4n) is 3.05. The van der Waals surface area contributed by atoms with E-state index in [-0.39, 0.29) is 5.78 Å². The Morgan fingerprint density at radius 2 is 2.22 bits per heavy atom. The average molecular weight is 343 g/mol. The summed E-state index contributed by atoms with van der Waals surface area (Å²) in [5.41, 5.74) is 3.16. The van der Waals surface area contributed by atoms with Crippen LogP contribution in [0.5, 0.6) is 0 Å². The molecule has 4 rings (SSSR count). The first kappa shape index (κ1) is 14.9. The minimum atomic E-state index is 0.178. The Labute approximate surface area is 143 Å². The van der Waals surface area contributed by atoms with Crippen LogP contribution in [0, 0.1) is 13.8 Å². The van der Waals surface area contributed by atoms with Crippen LogP contribution in [0.1, 0.15) is 40.6 Å². The molecule has 1 saturated carbocycles. The molecule has 0 radical (unpaired) electrons. The highest BCUT2D eigenvalue weighted by Gasteiger charge is 2.28. The lowest BCUT2D eigenvalue weighted by molar-refractivity contribution is 0.102. The number of aromatic nitrogens is 3. The Morgan fingerprint density at radius 3 is 3.00 bits per heavy atom. The number of thioether (sulfide) groups is 1. The Bertz CT molecular complexity index is 893.